The normalized spacial score (nSPS) is 21.1. The molecule has 7 nitrogen and oxygen atoms in total. The predicted molar refractivity (Wildman–Crippen MR) is 220 cm³/mol. The summed E-state index contributed by atoms with van der Waals surface area (Å²) in [4.78, 5) is 4.64. The average molecular weight is 771 g/mol. The zero-order valence-electron chi connectivity index (χ0n) is 32.7. The third-order valence-corrected chi connectivity index (χ3v) is 13.1. The lowest BCUT2D eigenvalue weighted by atomic mass is 9.69. The summed E-state index contributed by atoms with van der Waals surface area (Å²) < 4.78 is 63.0. The van der Waals surface area contributed by atoms with E-state index in [4.69, 9.17) is 23.7 Å². The Kier molecular flexibility index (Phi) is 9.13. The van der Waals surface area contributed by atoms with Gasteiger partial charge in [0.15, 0.2) is 5.60 Å². The van der Waals surface area contributed by atoms with Crippen LogP contribution in [0.5, 0.6) is 17.2 Å². The molecule has 1 unspecified atom stereocenters. The molecule has 5 aromatic carbocycles. The Hall–Kier alpha value is -5.12. The number of fused-ring (bicyclic) bond motifs is 10. The van der Waals surface area contributed by atoms with Crippen molar-refractivity contribution < 1.29 is 32.5 Å². The second kappa shape index (κ2) is 14.4. The van der Waals surface area contributed by atoms with E-state index in [0.29, 0.717) is 62.1 Å². The summed E-state index contributed by atoms with van der Waals surface area (Å²) in [5, 5.41) is 1.74. The van der Waals surface area contributed by atoms with Crippen LogP contribution in [-0.4, -0.2) is 66.8 Å². The number of methoxy groups -OCH3 is 2. The first-order chi connectivity index (χ1) is 27.9. The van der Waals surface area contributed by atoms with Crippen molar-refractivity contribution in [2.24, 2.45) is 0 Å². The van der Waals surface area contributed by atoms with Crippen LogP contribution in [0.1, 0.15) is 66.3 Å². The summed E-state index contributed by atoms with van der Waals surface area (Å²) in [5.41, 5.74) is 6.46. The van der Waals surface area contributed by atoms with E-state index >= 15 is 8.78 Å². The number of benzene rings is 5. The molecule has 0 bridgehead atoms. The number of nitrogens with zero attached hydrogens (tertiary/aromatic N) is 2. The van der Waals surface area contributed by atoms with Gasteiger partial charge in [0, 0.05) is 71.0 Å². The third-order valence-electron chi connectivity index (χ3n) is 13.1. The van der Waals surface area contributed by atoms with Crippen molar-refractivity contribution in [1.82, 2.24) is 0 Å². The van der Waals surface area contributed by atoms with E-state index in [2.05, 4.69) is 70.5 Å². The number of morpholine rings is 2. The molecule has 0 N–H and O–H groups in total. The maximum atomic E-state index is 16.6. The highest BCUT2D eigenvalue weighted by Gasteiger charge is 2.50. The molecule has 0 aromatic heterocycles. The molecule has 57 heavy (non-hydrogen) atoms. The number of hydrogen-bond donors (Lipinski definition) is 0. The summed E-state index contributed by atoms with van der Waals surface area (Å²) in [6, 6.07) is 23.6. The molecule has 5 aromatic rings. The molecule has 9 heteroatoms. The third kappa shape index (κ3) is 5.79. The quantitative estimate of drug-likeness (QED) is 0.171. The topological polar surface area (TPSA) is 52.6 Å². The monoisotopic (exact) mass is 770 g/mol. The second-order valence-electron chi connectivity index (χ2n) is 16.0. The van der Waals surface area contributed by atoms with Crippen LogP contribution in [0.3, 0.4) is 0 Å². The van der Waals surface area contributed by atoms with Gasteiger partial charge in [0.1, 0.15) is 28.9 Å². The Morgan fingerprint density at radius 2 is 1.32 bits per heavy atom. The van der Waals surface area contributed by atoms with Gasteiger partial charge in [-0.3, -0.25) is 0 Å². The Bertz CT molecular complexity index is 2360. The molecule has 3 aliphatic heterocycles. The minimum absolute atomic E-state index is 0.472. The van der Waals surface area contributed by atoms with Crippen molar-refractivity contribution in [3.63, 3.8) is 0 Å². The van der Waals surface area contributed by atoms with Gasteiger partial charge in [-0.25, -0.2) is 8.78 Å². The van der Waals surface area contributed by atoms with Gasteiger partial charge < -0.3 is 33.5 Å². The number of anilines is 2. The van der Waals surface area contributed by atoms with E-state index in [-0.39, 0.29) is 0 Å². The van der Waals surface area contributed by atoms with Gasteiger partial charge in [-0.05, 0) is 83.5 Å². The molecule has 10 rings (SSSR count). The molecule has 5 aliphatic rings. The Morgan fingerprint density at radius 1 is 0.667 bits per heavy atom. The van der Waals surface area contributed by atoms with Crippen LogP contribution in [0.25, 0.3) is 28.0 Å². The number of ether oxygens (including phenoxy) is 5. The minimum Gasteiger partial charge on any atom is -0.497 e. The van der Waals surface area contributed by atoms with Crippen LogP contribution in [0.4, 0.5) is 20.2 Å². The molecular weight excluding hydrogens is 723 g/mol. The molecule has 0 amide bonds. The average Bonchev–Trinajstić information content (AvgIpc) is 3.35. The molecule has 3 fully saturated rings. The Balaban J connectivity index is 1.26. The van der Waals surface area contributed by atoms with E-state index in [1.165, 1.54) is 0 Å². The van der Waals surface area contributed by atoms with Crippen molar-refractivity contribution in [3.05, 3.63) is 118 Å². The van der Waals surface area contributed by atoms with Crippen LogP contribution in [0.15, 0.2) is 78.9 Å². The molecule has 1 spiro atoms. The molecule has 294 valence electrons. The summed E-state index contributed by atoms with van der Waals surface area (Å²) in [6.07, 6.45) is 10.00. The van der Waals surface area contributed by atoms with Crippen LogP contribution in [-0.2, 0) is 20.5 Å². The van der Waals surface area contributed by atoms with Crippen molar-refractivity contribution in [2.45, 2.75) is 49.5 Å². The first-order valence-electron chi connectivity index (χ1n) is 20.4. The summed E-state index contributed by atoms with van der Waals surface area (Å²) in [6.45, 7) is 5.72. The van der Waals surface area contributed by atoms with Crippen LogP contribution in [0, 0.1) is 11.6 Å². The standard InChI is InChI=1S/C48H48F2N2O5/c1-53-35-13-9-32(10-14-35)48(31-7-11-34(12-8-31)51-19-23-55-24-20-51)18-15-36-45-43(39-27-33(49)28-40(50)44(39)47(45)16-5-3-4-6-17-47)37-29-41(52-21-25-56-26-22-52)42(54-2)30-38(37)46(36)57-48/h7-15,18,27-30H,3-6,16-17,19-26H2,1-2H3. The van der Waals surface area contributed by atoms with E-state index in [0.717, 1.165) is 113 Å². The van der Waals surface area contributed by atoms with Crippen molar-refractivity contribution in [1.29, 1.82) is 0 Å². The first kappa shape index (κ1) is 36.2. The Labute approximate surface area is 332 Å². The van der Waals surface area contributed by atoms with Crippen LogP contribution in [0.2, 0.25) is 0 Å². The highest BCUT2D eigenvalue weighted by atomic mass is 19.1. The highest BCUT2D eigenvalue weighted by molar-refractivity contribution is 6.10. The maximum absolute atomic E-state index is 16.6. The number of hydrogen-bond acceptors (Lipinski definition) is 7. The molecule has 0 radical (unpaired) electrons. The van der Waals surface area contributed by atoms with Crippen molar-refractivity contribution in [2.75, 3.05) is 76.6 Å². The summed E-state index contributed by atoms with van der Waals surface area (Å²) in [5.74, 6) is 1.13. The van der Waals surface area contributed by atoms with E-state index < -0.39 is 22.7 Å². The van der Waals surface area contributed by atoms with Gasteiger partial charge in [-0.15, -0.1) is 0 Å². The van der Waals surface area contributed by atoms with Gasteiger partial charge in [-0.1, -0.05) is 56.0 Å². The van der Waals surface area contributed by atoms with Gasteiger partial charge in [0.05, 0.1) is 46.3 Å². The van der Waals surface area contributed by atoms with Gasteiger partial charge >= 0.3 is 0 Å². The highest BCUT2D eigenvalue weighted by Crippen LogP contribution is 2.63. The summed E-state index contributed by atoms with van der Waals surface area (Å²) in [7, 11) is 3.37. The molecule has 1 saturated carbocycles. The smallest absolute Gasteiger partial charge is 0.178 e. The number of rotatable bonds is 6. The lowest BCUT2D eigenvalue weighted by molar-refractivity contribution is 0.122. The van der Waals surface area contributed by atoms with Gasteiger partial charge in [0.25, 0.3) is 0 Å². The van der Waals surface area contributed by atoms with Gasteiger partial charge in [-0.2, -0.15) is 0 Å². The van der Waals surface area contributed by atoms with Crippen LogP contribution < -0.4 is 24.0 Å². The summed E-state index contributed by atoms with van der Waals surface area (Å²) >= 11 is 0. The maximum Gasteiger partial charge on any atom is 0.178 e. The minimum atomic E-state index is -1.03. The second-order valence-corrected chi connectivity index (χ2v) is 16.0. The molecule has 1 atom stereocenters. The van der Waals surface area contributed by atoms with Gasteiger partial charge in [0.2, 0.25) is 0 Å². The first-order valence-corrected chi connectivity index (χ1v) is 20.4. The lowest BCUT2D eigenvalue weighted by Gasteiger charge is -2.40. The number of halogens is 2. The molecular formula is C48H48F2N2O5. The largest absolute Gasteiger partial charge is 0.497 e. The fraction of sp³-hybridized carbons (Fsp3) is 0.375. The zero-order valence-corrected chi connectivity index (χ0v) is 32.7. The SMILES string of the molecule is COc1ccc(C2(c3ccc(N4CCOCC4)cc3)C=Cc3c4c(c5cc(N6CCOCC6)c(OC)cc5c3O2)-c2cc(F)cc(F)c2C42CCCCCC2)cc1. The van der Waals surface area contributed by atoms with Crippen molar-refractivity contribution in [3.8, 4) is 28.4 Å². The van der Waals surface area contributed by atoms with E-state index in [1.807, 2.05) is 12.1 Å². The van der Waals surface area contributed by atoms with E-state index in [9.17, 15) is 0 Å². The van der Waals surface area contributed by atoms with Crippen LogP contribution >= 0.6 is 0 Å². The molecule has 2 saturated heterocycles. The lowest BCUT2D eigenvalue weighted by Crippen LogP contribution is -2.37. The van der Waals surface area contributed by atoms with Crippen molar-refractivity contribution >= 4 is 28.2 Å². The van der Waals surface area contributed by atoms with E-state index in [1.54, 1.807) is 20.3 Å². The zero-order chi connectivity index (χ0) is 38.7. The molecule has 2 aliphatic carbocycles. The molecule has 3 heterocycles. The fourth-order valence-corrected chi connectivity index (χ4v) is 10.4. The Morgan fingerprint density at radius 3 is 1.96 bits per heavy atom. The predicted octanol–water partition coefficient (Wildman–Crippen LogP) is 9.78. The fourth-order valence-electron chi connectivity index (χ4n) is 10.4.